The lowest BCUT2D eigenvalue weighted by atomic mass is 10.4. The molecule has 1 atom stereocenters. The van der Waals surface area contributed by atoms with Crippen LogP contribution in [0, 0.1) is 5.95 Å². The summed E-state index contributed by atoms with van der Waals surface area (Å²) in [7, 11) is -3.44. The van der Waals surface area contributed by atoms with Crippen LogP contribution in [-0.4, -0.2) is 30.8 Å². The van der Waals surface area contributed by atoms with Crippen LogP contribution in [0.5, 0.6) is 0 Å². The number of carbonyl (C=O) groups is 1. The molecule has 7 heteroatoms. The van der Waals surface area contributed by atoms with E-state index in [9.17, 15) is 17.6 Å². The van der Waals surface area contributed by atoms with E-state index >= 15 is 0 Å². The number of sulfone groups is 1. The minimum absolute atomic E-state index is 0.252. The first-order valence-electron chi connectivity index (χ1n) is 4.42. The standard InChI is InChI=1S/C9H11FN2O3S/c1-6(16(2,14)15)9(13)12-7-3-4-8(10)11-5-7/h3-6H,1-2H3,(H,12,13). The zero-order valence-electron chi connectivity index (χ0n) is 8.77. The number of aromatic nitrogens is 1. The van der Waals surface area contributed by atoms with Gasteiger partial charge in [-0.25, -0.2) is 13.4 Å². The van der Waals surface area contributed by atoms with Crippen molar-refractivity contribution in [1.82, 2.24) is 4.98 Å². The minimum atomic E-state index is -3.44. The monoisotopic (exact) mass is 246 g/mol. The Labute approximate surface area is 92.6 Å². The molecule has 1 aromatic heterocycles. The number of nitrogens with zero attached hydrogens (tertiary/aromatic N) is 1. The normalized spacial score (nSPS) is 13.2. The molecule has 1 unspecified atom stereocenters. The molecule has 0 aliphatic carbocycles. The van der Waals surface area contributed by atoms with Crippen LogP contribution >= 0.6 is 0 Å². The largest absolute Gasteiger partial charge is 0.324 e. The summed E-state index contributed by atoms with van der Waals surface area (Å²) in [6, 6.07) is 2.37. The molecule has 0 aromatic carbocycles. The van der Waals surface area contributed by atoms with Crippen molar-refractivity contribution < 1.29 is 17.6 Å². The van der Waals surface area contributed by atoms with Crippen LogP contribution < -0.4 is 5.32 Å². The molecule has 16 heavy (non-hydrogen) atoms. The molecule has 1 aromatic rings. The van der Waals surface area contributed by atoms with Crippen molar-refractivity contribution in [2.45, 2.75) is 12.2 Å². The van der Waals surface area contributed by atoms with Crippen LogP contribution in [0.1, 0.15) is 6.92 Å². The zero-order valence-corrected chi connectivity index (χ0v) is 9.58. The molecule has 0 radical (unpaired) electrons. The van der Waals surface area contributed by atoms with E-state index in [1.165, 1.54) is 13.0 Å². The van der Waals surface area contributed by atoms with Crippen LogP contribution in [0.4, 0.5) is 10.1 Å². The van der Waals surface area contributed by atoms with Gasteiger partial charge in [0.2, 0.25) is 11.9 Å². The summed E-state index contributed by atoms with van der Waals surface area (Å²) in [4.78, 5) is 14.8. The Kier molecular flexibility index (Phi) is 3.58. The average Bonchev–Trinajstić information content (AvgIpc) is 2.19. The highest BCUT2D eigenvalue weighted by Crippen LogP contribution is 2.08. The molecule has 1 amide bonds. The fraction of sp³-hybridized carbons (Fsp3) is 0.333. The number of halogens is 1. The van der Waals surface area contributed by atoms with Gasteiger partial charge in [-0.05, 0) is 19.1 Å². The van der Waals surface area contributed by atoms with Crippen molar-refractivity contribution in [2.24, 2.45) is 0 Å². The maximum Gasteiger partial charge on any atom is 0.242 e. The molecule has 0 bridgehead atoms. The zero-order chi connectivity index (χ0) is 12.3. The molecule has 0 aliphatic heterocycles. The van der Waals surface area contributed by atoms with Crippen molar-refractivity contribution in [1.29, 1.82) is 0 Å². The fourth-order valence-corrected chi connectivity index (χ4v) is 1.34. The first-order valence-corrected chi connectivity index (χ1v) is 6.37. The molecular weight excluding hydrogens is 235 g/mol. The summed E-state index contributed by atoms with van der Waals surface area (Å²) in [5, 5.41) is 1.17. The van der Waals surface area contributed by atoms with Crippen molar-refractivity contribution in [2.75, 3.05) is 11.6 Å². The van der Waals surface area contributed by atoms with E-state index in [1.54, 1.807) is 0 Å². The van der Waals surface area contributed by atoms with Gasteiger partial charge in [-0.1, -0.05) is 0 Å². The summed E-state index contributed by atoms with van der Waals surface area (Å²) in [5.41, 5.74) is 0.252. The van der Waals surface area contributed by atoms with Gasteiger partial charge in [0.25, 0.3) is 0 Å². The molecule has 0 fully saturated rings. The number of carbonyl (C=O) groups excluding carboxylic acids is 1. The Morgan fingerprint density at radius 1 is 1.50 bits per heavy atom. The van der Waals surface area contributed by atoms with E-state index in [4.69, 9.17) is 0 Å². The highest BCUT2D eigenvalue weighted by molar-refractivity contribution is 7.92. The number of nitrogens with one attached hydrogen (secondary N) is 1. The van der Waals surface area contributed by atoms with Crippen molar-refractivity contribution in [3.8, 4) is 0 Å². The van der Waals surface area contributed by atoms with Gasteiger partial charge in [0.1, 0.15) is 5.25 Å². The van der Waals surface area contributed by atoms with Crippen LogP contribution in [0.2, 0.25) is 0 Å². The van der Waals surface area contributed by atoms with Crippen molar-refractivity contribution in [3.05, 3.63) is 24.3 Å². The molecule has 5 nitrogen and oxygen atoms in total. The van der Waals surface area contributed by atoms with E-state index < -0.39 is 26.9 Å². The maximum atomic E-state index is 12.5. The number of hydrogen-bond acceptors (Lipinski definition) is 4. The first-order chi connectivity index (χ1) is 7.30. The highest BCUT2D eigenvalue weighted by Gasteiger charge is 2.23. The second-order valence-corrected chi connectivity index (χ2v) is 5.70. The van der Waals surface area contributed by atoms with E-state index in [-0.39, 0.29) is 5.69 Å². The second-order valence-electron chi connectivity index (χ2n) is 3.33. The molecule has 0 saturated carbocycles. The molecule has 1 rings (SSSR count). The molecule has 0 spiro atoms. The van der Waals surface area contributed by atoms with Gasteiger partial charge >= 0.3 is 0 Å². The molecule has 1 heterocycles. The third kappa shape index (κ3) is 3.27. The average molecular weight is 246 g/mol. The number of anilines is 1. The predicted molar refractivity (Wildman–Crippen MR) is 57.1 cm³/mol. The van der Waals surface area contributed by atoms with Crippen LogP contribution in [0.15, 0.2) is 18.3 Å². The molecule has 88 valence electrons. The molecule has 0 saturated heterocycles. The van der Waals surface area contributed by atoms with Crippen LogP contribution in [0.3, 0.4) is 0 Å². The minimum Gasteiger partial charge on any atom is -0.324 e. The maximum absolute atomic E-state index is 12.5. The Bertz CT molecular complexity index is 484. The smallest absolute Gasteiger partial charge is 0.242 e. The van der Waals surface area contributed by atoms with E-state index in [0.717, 1.165) is 18.5 Å². The number of pyridine rings is 1. The van der Waals surface area contributed by atoms with Gasteiger partial charge in [-0.2, -0.15) is 4.39 Å². The lowest BCUT2D eigenvalue weighted by Crippen LogP contribution is -2.31. The topological polar surface area (TPSA) is 76.1 Å². The van der Waals surface area contributed by atoms with Gasteiger partial charge < -0.3 is 5.32 Å². The predicted octanol–water partition coefficient (Wildman–Crippen LogP) is 0.592. The Morgan fingerprint density at radius 2 is 2.12 bits per heavy atom. The Balaban J connectivity index is 2.76. The van der Waals surface area contributed by atoms with Gasteiger partial charge in [0, 0.05) is 6.26 Å². The summed E-state index contributed by atoms with van der Waals surface area (Å²) < 4.78 is 34.6. The lowest BCUT2D eigenvalue weighted by Gasteiger charge is -2.09. The molecule has 0 aliphatic rings. The van der Waals surface area contributed by atoms with Gasteiger partial charge in [0.15, 0.2) is 9.84 Å². The van der Waals surface area contributed by atoms with E-state index in [0.29, 0.717) is 0 Å². The summed E-state index contributed by atoms with van der Waals surface area (Å²) in [6.07, 6.45) is 2.09. The highest BCUT2D eigenvalue weighted by atomic mass is 32.2. The first kappa shape index (κ1) is 12.6. The van der Waals surface area contributed by atoms with Gasteiger partial charge in [-0.3, -0.25) is 4.79 Å². The lowest BCUT2D eigenvalue weighted by molar-refractivity contribution is -0.115. The van der Waals surface area contributed by atoms with Crippen molar-refractivity contribution >= 4 is 21.4 Å². The summed E-state index contributed by atoms with van der Waals surface area (Å²) in [5.74, 6) is -1.34. The Morgan fingerprint density at radius 3 is 2.56 bits per heavy atom. The molecular formula is C9H11FN2O3S. The number of amides is 1. The van der Waals surface area contributed by atoms with E-state index in [1.807, 2.05) is 0 Å². The van der Waals surface area contributed by atoms with Crippen LogP contribution in [0.25, 0.3) is 0 Å². The fourth-order valence-electron chi connectivity index (χ4n) is 0.888. The SMILES string of the molecule is CC(C(=O)Nc1ccc(F)nc1)S(C)(=O)=O. The number of rotatable bonds is 3. The Hall–Kier alpha value is -1.50. The van der Waals surface area contributed by atoms with Crippen molar-refractivity contribution in [3.63, 3.8) is 0 Å². The van der Waals surface area contributed by atoms with E-state index in [2.05, 4.69) is 10.3 Å². The number of hydrogen-bond donors (Lipinski definition) is 1. The summed E-state index contributed by atoms with van der Waals surface area (Å²) >= 11 is 0. The van der Waals surface area contributed by atoms with Crippen LogP contribution in [-0.2, 0) is 14.6 Å². The third-order valence-electron chi connectivity index (χ3n) is 2.01. The second kappa shape index (κ2) is 4.56. The third-order valence-corrected chi connectivity index (χ3v) is 3.50. The molecule has 1 N–H and O–H groups in total. The quantitative estimate of drug-likeness (QED) is 0.792. The van der Waals surface area contributed by atoms with Gasteiger partial charge in [0.05, 0.1) is 11.9 Å². The summed E-state index contributed by atoms with van der Waals surface area (Å²) in [6.45, 7) is 1.28. The van der Waals surface area contributed by atoms with Gasteiger partial charge in [-0.15, -0.1) is 0 Å².